The van der Waals surface area contributed by atoms with Crippen molar-refractivity contribution >= 4 is 17.7 Å². The fourth-order valence-electron chi connectivity index (χ4n) is 3.00. The first-order chi connectivity index (χ1) is 11.9. The number of hydrogen-bond donors (Lipinski definition) is 0. The van der Waals surface area contributed by atoms with Gasteiger partial charge in [-0.2, -0.15) is 0 Å². The highest BCUT2D eigenvalue weighted by molar-refractivity contribution is 7.99. The third-order valence-corrected chi connectivity index (χ3v) is 5.81. The summed E-state index contributed by atoms with van der Waals surface area (Å²) in [5.74, 6) is 1.81. The summed E-state index contributed by atoms with van der Waals surface area (Å²) in [5.41, 5.74) is 3.35. The van der Waals surface area contributed by atoms with Crippen molar-refractivity contribution in [3.8, 4) is 5.75 Å². The lowest BCUT2D eigenvalue weighted by Gasteiger charge is -2.25. The zero-order valence-electron chi connectivity index (χ0n) is 15.3. The molecule has 132 valence electrons. The van der Waals surface area contributed by atoms with Gasteiger partial charge in [-0.25, -0.2) is 0 Å². The Kier molecular flexibility index (Phi) is 5.09. The largest absolute Gasteiger partial charge is 0.497 e. The highest BCUT2D eigenvalue weighted by atomic mass is 32.2. The third kappa shape index (κ3) is 3.84. The minimum absolute atomic E-state index is 0.0811. The van der Waals surface area contributed by atoms with Crippen LogP contribution < -0.4 is 4.74 Å². The first kappa shape index (κ1) is 17.9. The quantitative estimate of drug-likeness (QED) is 0.786. The molecule has 0 N–H and O–H groups in total. The second-order valence-electron chi connectivity index (χ2n) is 7.32. The van der Waals surface area contributed by atoms with Crippen molar-refractivity contribution in [1.82, 2.24) is 4.90 Å². The van der Waals surface area contributed by atoms with Gasteiger partial charge < -0.3 is 9.64 Å². The summed E-state index contributed by atoms with van der Waals surface area (Å²) in [5, 5.41) is 0.0867. The number of benzene rings is 2. The maximum Gasteiger partial charge on any atom is 0.255 e. The van der Waals surface area contributed by atoms with Crippen molar-refractivity contribution in [2.75, 3.05) is 19.4 Å². The van der Waals surface area contributed by atoms with Gasteiger partial charge in [0.2, 0.25) is 0 Å². The number of amides is 1. The van der Waals surface area contributed by atoms with Crippen LogP contribution in [0.15, 0.2) is 48.5 Å². The molecule has 2 aromatic rings. The first-order valence-electron chi connectivity index (χ1n) is 8.57. The molecule has 0 radical (unpaired) electrons. The fraction of sp³-hybridized carbons (Fsp3) is 0.381. The smallest absolute Gasteiger partial charge is 0.255 e. The SMILES string of the molecule is COc1ccc(C(=O)N2CCSC2c2ccc(C(C)(C)C)cc2)cc1. The number of hydrogen-bond acceptors (Lipinski definition) is 3. The summed E-state index contributed by atoms with van der Waals surface area (Å²) >= 11 is 1.83. The average molecular weight is 356 g/mol. The molecule has 25 heavy (non-hydrogen) atoms. The van der Waals surface area contributed by atoms with Gasteiger partial charge >= 0.3 is 0 Å². The summed E-state index contributed by atoms with van der Waals surface area (Å²) in [6.45, 7) is 7.42. The lowest BCUT2D eigenvalue weighted by Crippen LogP contribution is -2.30. The Hall–Kier alpha value is -1.94. The molecule has 1 saturated heterocycles. The van der Waals surface area contributed by atoms with Crippen molar-refractivity contribution in [3.63, 3.8) is 0 Å². The van der Waals surface area contributed by atoms with Gasteiger partial charge in [-0.15, -0.1) is 11.8 Å². The Labute approximate surface area is 154 Å². The van der Waals surface area contributed by atoms with Gasteiger partial charge in [0.05, 0.1) is 7.11 Å². The van der Waals surface area contributed by atoms with E-state index < -0.39 is 0 Å². The van der Waals surface area contributed by atoms with Crippen LogP contribution >= 0.6 is 11.8 Å². The molecule has 1 aliphatic heterocycles. The molecule has 1 aliphatic rings. The van der Waals surface area contributed by atoms with E-state index in [1.807, 2.05) is 40.9 Å². The Morgan fingerprint density at radius 2 is 1.72 bits per heavy atom. The van der Waals surface area contributed by atoms with Crippen LogP contribution in [0.5, 0.6) is 5.75 Å². The maximum absolute atomic E-state index is 12.9. The number of rotatable bonds is 3. The topological polar surface area (TPSA) is 29.5 Å². The van der Waals surface area contributed by atoms with E-state index in [0.29, 0.717) is 5.56 Å². The zero-order chi connectivity index (χ0) is 18.0. The summed E-state index contributed by atoms with van der Waals surface area (Å²) < 4.78 is 5.17. The number of nitrogens with zero attached hydrogens (tertiary/aromatic N) is 1. The molecule has 2 aromatic carbocycles. The van der Waals surface area contributed by atoms with Crippen molar-refractivity contribution in [3.05, 3.63) is 65.2 Å². The second kappa shape index (κ2) is 7.12. The van der Waals surface area contributed by atoms with Crippen LogP contribution in [-0.2, 0) is 5.41 Å². The molecule has 3 nitrogen and oxygen atoms in total. The molecule has 0 bridgehead atoms. The van der Waals surface area contributed by atoms with Gasteiger partial charge in [-0.3, -0.25) is 4.79 Å². The van der Waals surface area contributed by atoms with Gasteiger partial charge in [0.15, 0.2) is 0 Å². The number of ether oxygens (including phenoxy) is 1. The number of thioether (sulfide) groups is 1. The Morgan fingerprint density at radius 3 is 2.28 bits per heavy atom. The number of carbonyl (C=O) groups excluding carboxylic acids is 1. The van der Waals surface area contributed by atoms with Crippen LogP contribution in [0.3, 0.4) is 0 Å². The second-order valence-corrected chi connectivity index (χ2v) is 8.51. The van der Waals surface area contributed by atoms with Crippen molar-refractivity contribution in [2.45, 2.75) is 31.6 Å². The summed E-state index contributed by atoms with van der Waals surface area (Å²) in [4.78, 5) is 14.9. The van der Waals surface area contributed by atoms with Crippen molar-refractivity contribution in [1.29, 1.82) is 0 Å². The highest BCUT2D eigenvalue weighted by Gasteiger charge is 2.31. The first-order valence-corrected chi connectivity index (χ1v) is 9.62. The van der Waals surface area contributed by atoms with E-state index in [1.165, 1.54) is 11.1 Å². The van der Waals surface area contributed by atoms with Crippen LogP contribution in [0.4, 0.5) is 0 Å². The Balaban J connectivity index is 1.81. The Bertz CT molecular complexity index is 732. The molecule has 0 saturated carbocycles. The predicted molar refractivity (Wildman–Crippen MR) is 104 cm³/mol. The fourth-order valence-corrected chi connectivity index (χ4v) is 4.26. The molecule has 4 heteroatoms. The molecule has 0 aliphatic carbocycles. The minimum atomic E-state index is 0.0811. The van der Waals surface area contributed by atoms with Crippen LogP contribution in [0.2, 0.25) is 0 Å². The molecule has 1 heterocycles. The molecule has 1 amide bonds. The van der Waals surface area contributed by atoms with E-state index in [9.17, 15) is 4.79 Å². The number of methoxy groups -OCH3 is 1. The van der Waals surface area contributed by atoms with Crippen LogP contribution in [0, 0.1) is 0 Å². The van der Waals surface area contributed by atoms with Gasteiger partial charge in [0.25, 0.3) is 5.91 Å². The molecule has 1 fully saturated rings. The highest BCUT2D eigenvalue weighted by Crippen LogP contribution is 2.39. The molecule has 0 spiro atoms. The molecule has 1 unspecified atom stereocenters. The van der Waals surface area contributed by atoms with E-state index in [2.05, 4.69) is 45.0 Å². The number of carbonyl (C=O) groups is 1. The van der Waals surface area contributed by atoms with E-state index in [-0.39, 0.29) is 16.7 Å². The normalized spacial score (nSPS) is 17.6. The van der Waals surface area contributed by atoms with Crippen LogP contribution in [0.25, 0.3) is 0 Å². The van der Waals surface area contributed by atoms with E-state index in [0.717, 1.165) is 18.0 Å². The predicted octanol–water partition coefficient (Wildman–Crippen LogP) is 4.88. The van der Waals surface area contributed by atoms with E-state index in [1.54, 1.807) is 7.11 Å². The van der Waals surface area contributed by atoms with Gasteiger partial charge in [0.1, 0.15) is 11.1 Å². The van der Waals surface area contributed by atoms with Crippen LogP contribution in [0.1, 0.15) is 47.6 Å². The van der Waals surface area contributed by atoms with Crippen molar-refractivity contribution in [2.24, 2.45) is 0 Å². The maximum atomic E-state index is 12.9. The summed E-state index contributed by atoms with van der Waals surface area (Å²) in [7, 11) is 1.63. The lowest BCUT2D eigenvalue weighted by molar-refractivity contribution is 0.0760. The van der Waals surface area contributed by atoms with Crippen LogP contribution in [-0.4, -0.2) is 30.2 Å². The summed E-state index contributed by atoms with van der Waals surface area (Å²) in [6, 6.07) is 16.0. The molecule has 0 aromatic heterocycles. The lowest BCUT2D eigenvalue weighted by atomic mass is 9.86. The van der Waals surface area contributed by atoms with E-state index in [4.69, 9.17) is 4.74 Å². The molecular formula is C21H25NO2S. The molecular weight excluding hydrogens is 330 g/mol. The zero-order valence-corrected chi connectivity index (χ0v) is 16.1. The van der Waals surface area contributed by atoms with E-state index >= 15 is 0 Å². The third-order valence-electron chi connectivity index (χ3n) is 4.55. The molecule has 1 atom stereocenters. The average Bonchev–Trinajstić information content (AvgIpc) is 3.10. The molecule has 3 rings (SSSR count). The Morgan fingerprint density at radius 1 is 1.08 bits per heavy atom. The summed E-state index contributed by atoms with van der Waals surface area (Å²) in [6.07, 6.45) is 0. The van der Waals surface area contributed by atoms with Gasteiger partial charge in [-0.05, 0) is 40.8 Å². The monoisotopic (exact) mass is 355 g/mol. The standard InChI is InChI=1S/C21H25NO2S/c1-21(2,3)17-9-5-16(6-10-17)20-22(13-14-25-20)19(23)15-7-11-18(24-4)12-8-15/h5-12,20H,13-14H2,1-4H3. The minimum Gasteiger partial charge on any atom is -0.497 e. The van der Waals surface area contributed by atoms with Gasteiger partial charge in [0, 0.05) is 17.9 Å². The van der Waals surface area contributed by atoms with Crippen molar-refractivity contribution < 1.29 is 9.53 Å². The van der Waals surface area contributed by atoms with Gasteiger partial charge in [-0.1, -0.05) is 45.0 Å².